The first-order valence-corrected chi connectivity index (χ1v) is 16.6. The third-order valence-electron chi connectivity index (χ3n) is 7.59. The second-order valence-electron chi connectivity index (χ2n) is 11.2. The fourth-order valence-corrected chi connectivity index (χ4v) is 5.89. The van der Waals surface area contributed by atoms with Crippen LogP contribution in [-0.2, 0) is 29.3 Å². The average molecular weight is 745 g/mol. The number of urea groups is 1. The number of alkyl halides is 3. The van der Waals surface area contributed by atoms with Crippen LogP contribution in [0.25, 0.3) is 0 Å². The largest absolute Gasteiger partial charge is 0.457 e. The number of pyridine rings is 1. The Morgan fingerprint density at radius 1 is 0.918 bits per heavy atom. The van der Waals surface area contributed by atoms with Crippen molar-refractivity contribution in [1.29, 1.82) is 0 Å². The Hall–Kier alpha value is -4.11. The molecule has 49 heavy (non-hydrogen) atoms. The summed E-state index contributed by atoms with van der Waals surface area (Å²) in [6.45, 7) is 1.49. The molecule has 2 N–H and O–H groups in total. The van der Waals surface area contributed by atoms with Crippen LogP contribution in [0, 0.1) is 5.82 Å². The van der Waals surface area contributed by atoms with Gasteiger partial charge in [0.2, 0.25) is 10.0 Å². The number of amides is 2. The molecule has 264 valence electrons. The van der Waals surface area contributed by atoms with Crippen molar-refractivity contribution in [2.45, 2.75) is 38.1 Å². The summed E-state index contributed by atoms with van der Waals surface area (Å²) >= 11 is 0. The van der Waals surface area contributed by atoms with E-state index in [1.54, 1.807) is 24.3 Å². The van der Waals surface area contributed by atoms with Crippen LogP contribution < -0.4 is 14.8 Å². The van der Waals surface area contributed by atoms with Crippen LogP contribution in [0.2, 0.25) is 0 Å². The lowest BCUT2D eigenvalue weighted by molar-refractivity contribution is -0.138. The Kier molecular flexibility index (Phi) is 13.7. The molecule has 16 heteroatoms. The number of carbonyl (C=O) groups is 1. The van der Waals surface area contributed by atoms with E-state index in [-0.39, 0.29) is 43.1 Å². The van der Waals surface area contributed by atoms with Crippen LogP contribution in [0.1, 0.15) is 29.7 Å². The average Bonchev–Trinajstić information content (AvgIpc) is 3.02. The number of nitrogens with one attached hydrogen (secondary N) is 2. The number of hydrogen-bond donors (Lipinski definition) is 2. The third-order valence-corrected chi connectivity index (χ3v) is 8.20. The molecule has 4 aromatic rings. The molecule has 1 aliphatic heterocycles. The van der Waals surface area contributed by atoms with E-state index >= 15 is 0 Å². The van der Waals surface area contributed by atoms with E-state index in [1.165, 1.54) is 41.4 Å². The molecule has 5 rings (SSSR count). The molecule has 0 aliphatic carbocycles. The zero-order valence-electron chi connectivity index (χ0n) is 26.2. The molecule has 1 aliphatic rings. The molecule has 0 spiro atoms. The molecule has 0 unspecified atom stereocenters. The summed E-state index contributed by atoms with van der Waals surface area (Å²) in [7, 11) is -3.38. The Labute approximate surface area is 294 Å². The van der Waals surface area contributed by atoms with Crippen molar-refractivity contribution in [2.75, 3.05) is 29.4 Å². The summed E-state index contributed by atoms with van der Waals surface area (Å²) < 4.78 is 85.7. The number of halogens is 6. The van der Waals surface area contributed by atoms with Crippen LogP contribution >= 0.6 is 24.8 Å². The Morgan fingerprint density at radius 3 is 2.06 bits per heavy atom. The van der Waals surface area contributed by atoms with Crippen LogP contribution in [0.4, 0.5) is 33.7 Å². The first-order chi connectivity index (χ1) is 22.3. The van der Waals surface area contributed by atoms with Gasteiger partial charge in [-0.25, -0.2) is 17.6 Å². The summed E-state index contributed by atoms with van der Waals surface area (Å²) in [4.78, 5) is 21.0. The lowest BCUT2D eigenvalue weighted by Gasteiger charge is -2.38. The summed E-state index contributed by atoms with van der Waals surface area (Å²) in [5, 5.41) is 2.69. The van der Waals surface area contributed by atoms with E-state index in [2.05, 4.69) is 19.9 Å². The van der Waals surface area contributed by atoms with Crippen molar-refractivity contribution in [3.63, 3.8) is 0 Å². The fraction of sp³-hybridized carbons (Fsp3) is 0.273. The van der Waals surface area contributed by atoms with Crippen molar-refractivity contribution in [2.24, 2.45) is 0 Å². The number of likely N-dealkylation sites (tertiary alicyclic amines) is 1. The highest BCUT2D eigenvalue weighted by Crippen LogP contribution is 2.33. The molecular formula is C33H35Cl2F4N5O4S. The van der Waals surface area contributed by atoms with Gasteiger partial charge in [-0.1, -0.05) is 12.1 Å². The quantitative estimate of drug-likeness (QED) is 0.160. The molecular weight excluding hydrogens is 709 g/mol. The molecule has 2 heterocycles. The van der Waals surface area contributed by atoms with E-state index in [0.717, 1.165) is 17.9 Å². The number of ether oxygens (including phenoxy) is 1. The van der Waals surface area contributed by atoms with Crippen molar-refractivity contribution < 1.29 is 35.5 Å². The van der Waals surface area contributed by atoms with Gasteiger partial charge in [0.25, 0.3) is 0 Å². The van der Waals surface area contributed by atoms with Crippen molar-refractivity contribution in [3.8, 4) is 11.5 Å². The fourth-order valence-electron chi connectivity index (χ4n) is 5.33. The number of nitrogens with zero attached hydrogens (tertiary/aromatic N) is 3. The topological polar surface area (TPSA) is 104 Å². The summed E-state index contributed by atoms with van der Waals surface area (Å²) in [5.74, 6) is 0.667. The van der Waals surface area contributed by atoms with Gasteiger partial charge >= 0.3 is 12.2 Å². The monoisotopic (exact) mass is 743 g/mol. The van der Waals surface area contributed by atoms with Crippen LogP contribution in [0.15, 0.2) is 91.1 Å². The molecule has 3 aromatic carbocycles. The van der Waals surface area contributed by atoms with Crippen LogP contribution in [0.3, 0.4) is 0 Å². The van der Waals surface area contributed by atoms with Crippen LogP contribution in [0.5, 0.6) is 11.5 Å². The zero-order valence-corrected chi connectivity index (χ0v) is 28.6. The SMILES string of the molecule is CS(=O)(=O)Nc1ccc(Oc2ccc(CN3CCC(N(Cc4ncccc4C(F)(F)F)C(=O)Nc4ccc(F)cc4)CC3)cc2)cc1.Cl.Cl. The molecule has 0 saturated carbocycles. The second kappa shape index (κ2) is 17.0. The van der Waals surface area contributed by atoms with Crippen LogP contribution in [-0.4, -0.2) is 54.6 Å². The Balaban J connectivity index is 0.00000325. The number of hydrogen-bond acceptors (Lipinski definition) is 6. The highest BCUT2D eigenvalue weighted by atomic mass is 35.5. The minimum atomic E-state index is -4.63. The molecule has 0 atom stereocenters. The minimum Gasteiger partial charge on any atom is -0.457 e. The maximum absolute atomic E-state index is 13.8. The van der Waals surface area contributed by atoms with Gasteiger partial charge < -0.3 is 15.0 Å². The summed E-state index contributed by atoms with van der Waals surface area (Å²) in [6, 6.07) is 20.4. The third kappa shape index (κ3) is 11.5. The molecule has 2 amide bonds. The van der Waals surface area contributed by atoms with E-state index in [4.69, 9.17) is 4.74 Å². The highest BCUT2D eigenvalue weighted by Gasteiger charge is 2.36. The molecule has 0 radical (unpaired) electrons. The lowest BCUT2D eigenvalue weighted by Crippen LogP contribution is -2.48. The number of carbonyl (C=O) groups excluding carboxylic acids is 1. The van der Waals surface area contributed by atoms with Gasteiger partial charge in [0.05, 0.1) is 24.1 Å². The minimum absolute atomic E-state index is 0. The first-order valence-electron chi connectivity index (χ1n) is 14.7. The molecule has 1 saturated heterocycles. The van der Waals surface area contributed by atoms with E-state index < -0.39 is 33.6 Å². The number of rotatable bonds is 10. The van der Waals surface area contributed by atoms with Gasteiger partial charge in [-0.05, 0) is 91.2 Å². The first kappa shape index (κ1) is 39.3. The molecule has 1 fully saturated rings. The van der Waals surface area contributed by atoms with E-state index in [9.17, 15) is 30.8 Å². The molecule has 1 aromatic heterocycles. The van der Waals surface area contributed by atoms with Gasteiger partial charge in [0, 0.05) is 43.2 Å². The highest BCUT2D eigenvalue weighted by molar-refractivity contribution is 7.92. The number of sulfonamides is 1. The Bertz CT molecular complexity index is 1780. The maximum Gasteiger partial charge on any atom is 0.418 e. The summed E-state index contributed by atoms with van der Waals surface area (Å²) in [5.41, 5.74) is 0.631. The smallest absolute Gasteiger partial charge is 0.418 e. The second-order valence-corrected chi connectivity index (χ2v) is 13.0. The van der Waals surface area contributed by atoms with Crippen molar-refractivity contribution >= 4 is 52.2 Å². The van der Waals surface area contributed by atoms with Crippen molar-refractivity contribution in [1.82, 2.24) is 14.8 Å². The van der Waals surface area contributed by atoms with Gasteiger partial charge in [0.15, 0.2) is 0 Å². The van der Waals surface area contributed by atoms with Gasteiger partial charge in [-0.2, -0.15) is 13.2 Å². The number of anilines is 2. The normalized spacial score (nSPS) is 13.8. The standard InChI is InChI=1S/C33H33F4N5O4S.2ClH/c1-47(44,45)40-26-10-14-29(15-11-26)46-28-12-4-23(5-13-28)21-41-19-16-27(17-20-41)42(32(43)39-25-8-6-24(34)7-9-25)22-31-30(33(35,36)37)3-2-18-38-31;;/h2-15,18,27,40H,16-17,19-22H2,1H3,(H,39,43);2*1H. The van der Waals surface area contributed by atoms with Gasteiger partial charge in [-0.3, -0.25) is 14.6 Å². The predicted molar refractivity (Wildman–Crippen MR) is 184 cm³/mol. The lowest BCUT2D eigenvalue weighted by atomic mass is 10.0. The van der Waals surface area contributed by atoms with Gasteiger partial charge in [-0.15, -0.1) is 24.8 Å². The van der Waals surface area contributed by atoms with Crippen molar-refractivity contribution in [3.05, 3.63) is 114 Å². The number of benzene rings is 3. The summed E-state index contributed by atoms with van der Waals surface area (Å²) in [6.07, 6.45) is -1.23. The van der Waals surface area contributed by atoms with E-state index in [1.807, 2.05) is 24.3 Å². The molecule has 0 bridgehead atoms. The predicted octanol–water partition coefficient (Wildman–Crippen LogP) is 7.95. The number of piperidine rings is 1. The van der Waals surface area contributed by atoms with Gasteiger partial charge in [0.1, 0.15) is 17.3 Å². The number of aromatic nitrogens is 1. The Morgan fingerprint density at radius 2 is 1.49 bits per heavy atom. The van der Waals surface area contributed by atoms with E-state index in [0.29, 0.717) is 55.3 Å². The molecule has 9 nitrogen and oxygen atoms in total. The maximum atomic E-state index is 13.8. The zero-order chi connectivity index (χ0) is 33.6.